The maximum absolute atomic E-state index is 14.6. The molecule has 0 aliphatic carbocycles. The van der Waals surface area contributed by atoms with E-state index in [1.807, 2.05) is 19.0 Å². The molecular formula is C51H64N12O16. The van der Waals surface area contributed by atoms with Crippen LogP contribution in [-0.4, -0.2) is 178 Å². The molecule has 4 aromatic rings. The number of imidazole rings is 2. The average molecular weight is 1100 g/mol. The molecule has 0 bridgehead atoms. The summed E-state index contributed by atoms with van der Waals surface area (Å²) in [5.41, 5.74) is 0.533. The molecule has 0 unspecified atom stereocenters. The summed E-state index contributed by atoms with van der Waals surface area (Å²) in [7, 11) is 8.37. The fourth-order valence-electron chi connectivity index (χ4n) is 9.13. The van der Waals surface area contributed by atoms with Gasteiger partial charge in [-0.3, -0.25) is 48.1 Å². The Bertz CT molecular complexity index is 3020. The molecule has 28 heteroatoms. The lowest BCUT2D eigenvalue weighted by Crippen LogP contribution is -2.60. The minimum atomic E-state index is -1.67. The van der Waals surface area contributed by atoms with Crippen molar-refractivity contribution in [1.82, 2.24) is 38.8 Å². The van der Waals surface area contributed by atoms with Crippen LogP contribution in [0.3, 0.4) is 0 Å². The Morgan fingerprint density at radius 2 is 1.41 bits per heavy atom. The molecular weight excluding hydrogens is 1040 g/mol. The van der Waals surface area contributed by atoms with E-state index in [-0.39, 0.29) is 66.1 Å². The molecule has 3 aliphatic heterocycles. The van der Waals surface area contributed by atoms with Crippen LogP contribution < -0.4 is 30.7 Å². The lowest BCUT2D eigenvalue weighted by molar-refractivity contribution is -0.268. The molecule has 2 fully saturated rings. The number of anilines is 3. The molecule has 6 heterocycles. The maximum Gasteiger partial charge on any atom is 0.303 e. The van der Waals surface area contributed by atoms with Crippen LogP contribution in [0.1, 0.15) is 108 Å². The van der Waals surface area contributed by atoms with Gasteiger partial charge in [0.1, 0.15) is 18.4 Å². The minimum absolute atomic E-state index is 0.0115. The standard InChI is InChI=1S/C51H64N12O16/c1-27(64)75-26-38-42(76-28(2)65)43(77-29(3)66)44(78-30(4)67)51(79-38)63-23-31(54-41(68)14-11-18-74-37-21-34-33(20-36(37)73-9)50(72)62-17-10-13-32(62)22-53-34)19-35(63)47(69)57-39-24-61(8)46(56-39)49(71)58-40-25-60(7)45(55-40)48(70)52-15-12-16-59(5)6/h19-25,32,38,42-44,51H,10-18,26H2,1-9H3,(H,52,70)(H,54,68)(H,57,69)(H,58,71)/t32-,38-,42-,43+,44-,51+/m1/s1. The normalized spacial score (nSPS) is 19.3. The summed E-state index contributed by atoms with van der Waals surface area (Å²) in [6.45, 7) is 5.54. The molecule has 424 valence electrons. The van der Waals surface area contributed by atoms with Crippen molar-refractivity contribution in [3.05, 3.63) is 59.7 Å². The van der Waals surface area contributed by atoms with Gasteiger partial charge >= 0.3 is 23.9 Å². The summed E-state index contributed by atoms with van der Waals surface area (Å²) in [6.07, 6.45) is 0.386. The lowest BCUT2D eigenvalue weighted by atomic mass is 9.97. The largest absolute Gasteiger partial charge is 0.493 e. The van der Waals surface area contributed by atoms with Crippen molar-refractivity contribution < 1.29 is 76.3 Å². The summed E-state index contributed by atoms with van der Waals surface area (Å²) in [5, 5.41) is 10.8. The smallest absolute Gasteiger partial charge is 0.303 e. The number of hydrogen-bond donors (Lipinski definition) is 4. The van der Waals surface area contributed by atoms with E-state index in [1.165, 1.54) is 52.5 Å². The van der Waals surface area contributed by atoms with E-state index in [1.54, 1.807) is 30.3 Å². The first-order valence-corrected chi connectivity index (χ1v) is 25.2. The summed E-state index contributed by atoms with van der Waals surface area (Å²) >= 11 is 0. The molecule has 7 rings (SSSR count). The van der Waals surface area contributed by atoms with Crippen molar-refractivity contribution in [3.63, 3.8) is 0 Å². The molecule has 3 aromatic heterocycles. The van der Waals surface area contributed by atoms with Gasteiger partial charge in [0.05, 0.1) is 36.7 Å². The zero-order valence-electron chi connectivity index (χ0n) is 45.2. The highest BCUT2D eigenvalue weighted by molar-refractivity contribution is 6.06. The number of carbonyl (C=O) groups excluding carboxylic acids is 9. The monoisotopic (exact) mass is 1100 g/mol. The quantitative estimate of drug-likeness (QED) is 0.0499. The van der Waals surface area contributed by atoms with Gasteiger partial charge in [-0.15, -0.1) is 0 Å². The molecule has 0 radical (unpaired) electrons. The first kappa shape index (κ1) is 58.0. The fourth-order valence-corrected chi connectivity index (χ4v) is 9.13. The molecule has 5 amide bonds. The first-order chi connectivity index (χ1) is 37.6. The fraction of sp³-hybridized carbons (Fsp3) is 0.490. The number of hydrogen-bond acceptors (Lipinski definition) is 20. The van der Waals surface area contributed by atoms with Crippen molar-refractivity contribution in [2.75, 3.05) is 70.0 Å². The molecule has 0 saturated carbocycles. The van der Waals surface area contributed by atoms with Crippen molar-refractivity contribution >= 4 is 82.6 Å². The van der Waals surface area contributed by atoms with Crippen molar-refractivity contribution in [3.8, 4) is 11.5 Å². The number of aryl methyl sites for hydroxylation is 2. The highest BCUT2D eigenvalue weighted by Crippen LogP contribution is 2.39. The number of ether oxygens (including phenoxy) is 7. The number of nitrogens with one attached hydrogen (secondary N) is 4. The lowest BCUT2D eigenvalue weighted by Gasteiger charge is -2.45. The van der Waals surface area contributed by atoms with Gasteiger partial charge in [0.25, 0.3) is 23.6 Å². The molecule has 28 nitrogen and oxygen atoms in total. The van der Waals surface area contributed by atoms with Crippen molar-refractivity contribution in [2.45, 2.75) is 96.5 Å². The van der Waals surface area contributed by atoms with Crippen LogP contribution in [0.5, 0.6) is 11.5 Å². The molecule has 0 spiro atoms. The second kappa shape index (κ2) is 25.7. The zero-order chi connectivity index (χ0) is 57.2. The van der Waals surface area contributed by atoms with Gasteiger partial charge in [0.15, 0.2) is 47.7 Å². The molecule has 6 atom stereocenters. The highest BCUT2D eigenvalue weighted by Gasteiger charge is 2.53. The van der Waals surface area contributed by atoms with Gasteiger partial charge in [0.2, 0.25) is 17.6 Å². The van der Waals surface area contributed by atoms with E-state index in [0.29, 0.717) is 42.3 Å². The molecule has 79 heavy (non-hydrogen) atoms. The maximum atomic E-state index is 14.6. The van der Waals surface area contributed by atoms with Gasteiger partial charge in [-0.25, -0.2) is 9.97 Å². The van der Waals surface area contributed by atoms with Crippen LogP contribution in [-0.2, 0) is 61.8 Å². The van der Waals surface area contributed by atoms with Crippen LogP contribution in [0.15, 0.2) is 41.8 Å². The predicted octanol–water partition coefficient (Wildman–Crippen LogP) is 2.52. The van der Waals surface area contributed by atoms with E-state index in [0.717, 1.165) is 47.1 Å². The number of benzene rings is 1. The number of rotatable bonds is 22. The van der Waals surface area contributed by atoms with Crippen LogP contribution in [0.4, 0.5) is 23.0 Å². The van der Waals surface area contributed by atoms with Crippen LogP contribution in [0.2, 0.25) is 0 Å². The number of aromatic nitrogens is 5. The molecule has 4 N–H and O–H groups in total. The van der Waals surface area contributed by atoms with Gasteiger partial charge in [0, 0.05) is 92.2 Å². The highest BCUT2D eigenvalue weighted by atomic mass is 16.7. The summed E-state index contributed by atoms with van der Waals surface area (Å²) < 4.78 is 44.0. The van der Waals surface area contributed by atoms with Crippen LogP contribution in [0.25, 0.3) is 0 Å². The number of esters is 4. The summed E-state index contributed by atoms with van der Waals surface area (Å²) in [5.74, 6) is -5.85. The van der Waals surface area contributed by atoms with Gasteiger partial charge in [-0.2, -0.15) is 0 Å². The van der Waals surface area contributed by atoms with Crippen molar-refractivity contribution in [1.29, 1.82) is 0 Å². The minimum Gasteiger partial charge on any atom is -0.493 e. The molecule has 3 aliphatic rings. The van der Waals surface area contributed by atoms with Crippen molar-refractivity contribution in [2.24, 2.45) is 19.1 Å². The zero-order valence-corrected chi connectivity index (χ0v) is 45.2. The van der Waals surface area contributed by atoms with E-state index < -0.39 is 84.8 Å². The van der Waals surface area contributed by atoms with E-state index in [9.17, 15) is 43.2 Å². The van der Waals surface area contributed by atoms with Gasteiger partial charge in [-0.1, -0.05) is 0 Å². The Balaban J connectivity index is 1.13. The topological polar surface area (TPSA) is 326 Å². The Labute approximate surface area is 453 Å². The van der Waals surface area contributed by atoms with E-state index >= 15 is 0 Å². The number of aliphatic imine (C=N–C) groups is 1. The Morgan fingerprint density at radius 1 is 0.759 bits per heavy atom. The number of amides is 5. The summed E-state index contributed by atoms with van der Waals surface area (Å²) in [6, 6.07) is 4.36. The Hall–Kier alpha value is -8.66. The second-order valence-corrected chi connectivity index (χ2v) is 19.1. The Morgan fingerprint density at radius 3 is 2.05 bits per heavy atom. The van der Waals surface area contributed by atoms with E-state index in [4.69, 9.17) is 33.2 Å². The number of nitrogens with zero attached hydrogens (tertiary/aromatic N) is 8. The third-order valence-electron chi connectivity index (χ3n) is 12.6. The SMILES string of the molecule is COc1cc2c(cc1OCCCC(=O)Nc1cc(C(=O)Nc3cn(C)c(C(=O)Nc4cn(C)c(C(=O)NCCCN(C)C)n4)n3)n([C@H]3O[C@H](COC(C)=O)[C@@H](OC(C)=O)[C@H](OC(C)=O)[C@H]3OC(C)=O)c1)N=C[C@H]1CCCN1C2=O. The van der Waals surface area contributed by atoms with Gasteiger partial charge in [-0.05, 0) is 58.5 Å². The Kier molecular flexibility index (Phi) is 18.8. The van der Waals surface area contributed by atoms with Crippen LogP contribution >= 0.6 is 0 Å². The second-order valence-electron chi connectivity index (χ2n) is 19.1. The first-order valence-electron chi connectivity index (χ1n) is 25.2. The number of methoxy groups -OCH3 is 1. The van der Waals surface area contributed by atoms with Crippen LogP contribution in [0, 0.1) is 0 Å². The summed E-state index contributed by atoms with van der Waals surface area (Å²) in [4.78, 5) is 135. The third kappa shape index (κ3) is 14.5. The van der Waals surface area contributed by atoms with E-state index in [2.05, 4.69) is 36.2 Å². The van der Waals surface area contributed by atoms with Gasteiger partial charge < -0.3 is 77.9 Å². The number of fused-ring (bicyclic) bond motifs is 2. The third-order valence-corrected chi connectivity index (χ3v) is 12.6. The average Bonchev–Trinajstić information content (AvgIpc) is 4.21. The molecule has 1 aromatic carbocycles. The predicted molar refractivity (Wildman–Crippen MR) is 278 cm³/mol. The molecule has 2 saturated heterocycles. The number of carbonyl (C=O) groups is 9.